The molecule has 71 heavy (non-hydrogen) atoms. The van der Waals surface area contributed by atoms with E-state index in [2.05, 4.69) is 129 Å². The van der Waals surface area contributed by atoms with E-state index in [1.54, 1.807) is 6.08 Å². The van der Waals surface area contributed by atoms with Crippen molar-refractivity contribution in [3.63, 3.8) is 0 Å². The van der Waals surface area contributed by atoms with Crippen LogP contribution in [0.5, 0.6) is 0 Å². The summed E-state index contributed by atoms with van der Waals surface area (Å²) in [5, 5.41) is 13.8. The van der Waals surface area contributed by atoms with E-state index in [-0.39, 0.29) is 12.5 Å². The van der Waals surface area contributed by atoms with Crippen LogP contribution in [0.4, 0.5) is 0 Å². The summed E-state index contributed by atoms with van der Waals surface area (Å²) < 4.78 is 23.3. The first kappa shape index (κ1) is 67.9. The lowest BCUT2D eigenvalue weighted by Crippen LogP contribution is -2.45. The highest BCUT2D eigenvalue weighted by atomic mass is 31.2. The van der Waals surface area contributed by atoms with Crippen LogP contribution in [0.25, 0.3) is 0 Å². The molecule has 0 aromatic heterocycles. The van der Waals surface area contributed by atoms with Gasteiger partial charge in [0.05, 0.1) is 39.9 Å². The van der Waals surface area contributed by atoms with Gasteiger partial charge in [0.15, 0.2) is 0 Å². The third-order valence-corrected chi connectivity index (χ3v) is 12.8. The number of rotatable bonds is 50. The summed E-state index contributed by atoms with van der Waals surface area (Å²) in [6.45, 7) is 4.48. The first-order valence-electron chi connectivity index (χ1n) is 28.4. The van der Waals surface area contributed by atoms with Crippen molar-refractivity contribution in [2.45, 2.75) is 225 Å². The van der Waals surface area contributed by atoms with Crippen LogP contribution in [0.3, 0.4) is 0 Å². The van der Waals surface area contributed by atoms with Crippen LogP contribution in [-0.4, -0.2) is 68.5 Å². The summed E-state index contributed by atoms with van der Waals surface area (Å²) in [5.41, 5.74) is 0. The molecule has 0 aliphatic carbocycles. The molecule has 0 spiro atoms. The molecule has 0 aliphatic rings. The molecule has 2 N–H and O–H groups in total. The Morgan fingerprint density at radius 2 is 0.873 bits per heavy atom. The summed E-state index contributed by atoms with van der Waals surface area (Å²) >= 11 is 0. The number of hydrogen-bond donors (Lipinski definition) is 2. The van der Waals surface area contributed by atoms with Gasteiger partial charge in [-0.3, -0.25) is 9.36 Å². The van der Waals surface area contributed by atoms with Crippen molar-refractivity contribution in [3.05, 3.63) is 122 Å². The molecule has 0 aromatic rings. The minimum Gasteiger partial charge on any atom is -0.756 e. The SMILES string of the molecule is CC/C=C\C/C=C\C/C=C\C/C=C\C/C=C\C/C=C\C/C=C\CCCCCCCCCC(=O)NC(COP(=O)([O-])OCC[N+](C)(C)C)C(O)/C=C/CC/C=C/CC/C=C/CCCCCCCCCCCC. The average molecular weight is 1010 g/mol. The van der Waals surface area contributed by atoms with E-state index >= 15 is 0 Å². The average Bonchev–Trinajstić information content (AvgIpc) is 3.33. The molecular weight excluding hydrogens is 900 g/mol. The molecule has 0 radical (unpaired) electrons. The molecule has 0 bridgehead atoms. The van der Waals surface area contributed by atoms with E-state index in [4.69, 9.17) is 9.05 Å². The van der Waals surface area contributed by atoms with E-state index in [1.165, 1.54) is 89.9 Å². The summed E-state index contributed by atoms with van der Waals surface area (Å²) in [7, 11) is 1.21. The molecule has 406 valence electrons. The first-order chi connectivity index (χ1) is 34.5. The number of amides is 1. The van der Waals surface area contributed by atoms with Gasteiger partial charge in [-0.25, -0.2) is 0 Å². The Hall–Kier alpha value is -3.10. The van der Waals surface area contributed by atoms with Crippen LogP contribution >= 0.6 is 7.82 Å². The van der Waals surface area contributed by atoms with Gasteiger partial charge in [0.25, 0.3) is 7.82 Å². The molecule has 0 aliphatic heterocycles. The minimum absolute atomic E-state index is 0.0181. The van der Waals surface area contributed by atoms with Crippen LogP contribution in [0.15, 0.2) is 122 Å². The second-order valence-corrected chi connectivity index (χ2v) is 21.3. The molecule has 3 unspecified atom stereocenters. The zero-order valence-electron chi connectivity index (χ0n) is 46.1. The lowest BCUT2D eigenvalue weighted by atomic mass is 10.1. The molecule has 3 atom stereocenters. The second-order valence-electron chi connectivity index (χ2n) is 19.9. The maximum atomic E-state index is 13.0. The topological polar surface area (TPSA) is 108 Å². The third kappa shape index (κ3) is 54.5. The molecule has 8 nitrogen and oxygen atoms in total. The predicted octanol–water partition coefficient (Wildman–Crippen LogP) is 16.7. The Balaban J connectivity index is 4.35. The van der Waals surface area contributed by atoms with Crippen molar-refractivity contribution >= 4 is 13.7 Å². The van der Waals surface area contributed by atoms with Crippen molar-refractivity contribution in [1.82, 2.24) is 5.32 Å². The standard InChI is InChI=1S/C62H107N2O6P/c1-6-8-10-12-14-16-18-20-22-24-26-28-29-30-31-32-33-34-35-36-38-40-42-44-46-48-50-52-54-56-62(66)63-60(59-70-71(67,68)69-58-57-64(3,4)5)61(65)55-53-51-49-47-45-43-41-39-37-27-25-23-21-19-17-15-13-11-9-7-2/h8,10,14,16,20,22,26,28,30-31,33-34,36-39,45,47,53,55,60-61,65H,6-7,9,11-13,15,17-19,21,23-25,27,29,32,35,40-44,46,48-52,54,56-59H2,1-5H3,(H-,63,66,67,68)/b10-8-,16-14-,22-20-,28-26-,31-30-,34-33-,38-36-,39-37+,47-45+,55-53+. The number of allylic oxidation sites excluding steroid dienone is 19. The Morgan fingerprint density at radius 1 is 0.507 bits per heavy atom. The molecule has 0 heterocycles. The normalized spacial score (nSPS) is 14.9. The number of aliphatic hydroxyl groups is 1. The van der Waals surface area contributed by atoms with Crippen LogP contribution in [0.1, 0.15) is 213 Å². The highest BCUT2D eigenvalue weighted by Crippen LogP contribution is 2.38. The molecule has 0 saturated heterocycles. The monoisotopic (exact) mass is 1010 g/mol. The van der Waals surface area contributed by atoms with Gasteiger partial charge in [-0.1, -0.05) is 225 Å². The summed E-state index contributed by atoms with van der Waals surface area (Å²) in [6.07, 6.45) is 77.0. The summed E-state index contributed by atoms with van der Waals surface area (Å²) in [6, 6.07) is -0.926. The van der Waals surface area contributed by atoms with Crippen molar-refractivity contribution in [2.24, 2.45) is 0 Å². The summed E-state index contributed by atoms with van der Waals surface area (Å²) in [5.74, 6) is -0.228. The predicted molar refractivity (Wildman–Crippen MR) is 306 cm³/mol. The molecule has 1 amide bonds. The first-order valence-corrected chi connectivity index (χ1v) is 29.9. The number of nitrogens with zero attached hydrogens (tertiary/aromatic N) is 1. The van der Waals surface area contributed by atoms with Crippen LogP contribution in [0.2, 0.25) is 0 Å². The van der Waals surface area contributed by atoms with Crippen LogP contribution in [0, 0.1) is 0 Å². The van der Waals surface area contributed by atoms with Crippen LogP contribution in [-0.2, 0) is 18.4 Å². The van der Waals surface area contributed by atoms with Crippen LogP contribution < -0.4 is 10.2 Å². The number of nitrogens with one attached hydrogen (secondary N) is 1. The maximum absolute atomic E-state index is 13.0. The quantitative estimate of drug-likeness (QED) is 0.0272. The lowest BCUT2D eigenvalue weighted by molar-refractivity contribution is -0.870. The molecular formula is C62H107N2O6P. The zero-order valence-corrected chi connectivity index (χ0v) is 47.0. The zero-order chi connectivity index (χ0) is 52.0. The highest BCUT2D eigenvalue weighted by molar-refractivity contribution is 7.45. The van der Waals surface area contributed by atoms with Crippen molar-refractivity contribution < 1.29 is 32.9 Å². The Bertz CT molecular complexity index is 1560. The van der Waals surface area contributed by atoms with E-state index in [1.807, 2.05) is 27.2 Å². The second kappa shape index (κ2) is 51.8. The van der Waals surface area contributed by atoms with E-state index in [0.717, 1.165) is 103 Å². The maximum Gasteiger partial charge on any atom is 0.268 e. The smallest absolute Gasteiger partial charge is 0.268 e. The van der Waals surface area contributed by atoms with E-state index in [9.17, 15) is 19.4 Å². The fourth-order valence-corrected chi connectivity index (χ4v) is 8.18. The van der Waals surface area contributed by atoms with Gasteiger partial charge >= 0.3 is 0 Å². The highest BCUT2D eigenvalue weighted by Gasteiger charge is 2.23. The van der Waals surface area contributed by atoms with E-state index in [0.29, 0.717) is 17.4 Å². The lowest BCUT2D eigenvalue weighted by Gasteiger charge is -2.29. The van der Waals surface area contributed by atoms with Crippen molar-refractivity contribution in [2.75, 3.05) is 40.9 Å². The van der Waals surface area contributed by atoms with Gasteiger partial charge in [-0.15, -0.1) is 0 Å². The number of phosphoric ester groups is 1. The van der Waals surface area contributed by atoms with Gasteiger partial charge < -0.3 is 28.8 Å². The van der Waals surface area contributed by atoms with Crippen molar-refractivity contribution in [1.29, 1.82) is 0 Å². The van der Waals surface area contributed by atoms with Gasteiger partial charge in [-0.2, -0.15) is 0 Å². The number of carbonyl (C=O) groups is 1. The fraction of sp³-hybridized carbons (Fsp3) is 0.661. The summed E-state index contributed by atoms with van der Waals surface area (Å²) in [4.78, 5) is 25.5. The number of quaternary nitrogens is 1. The Labute approximate surface area is 437 Å². The van der Waals surface area contributed by atoms with Gasteiger partial charge in [0.2, 0.25) is 5.91 Å². The number of hydrogen-bond acceptors (Lipinski definition) is 6. The molecule has 9 heteroatoms. The largest absolute Gasteiger partial charge is 0.756 e. The fourth-order valence-electron chi connectivity index (χ4n) is 7.46. The molecule has 0 saturated carbocycles. The molecule has 0 aromatic carbocycles. The number of aliphatic hydroxyl groups excluding tert-OH is 1. The van der Waals surface area contributed by atoms with Gasteiger partial charge in [-0.05, 0) is 103 Å². The number of carbonyl (C=O) groups excluding carboxylic acids is 1. The Morgan fingerprint density at radius 3 is 1.31 bits per heavy atom. The van der Waals surface area contributed by atoms with Crippen molar-refractivity contribution in [3.8, 4) is 0 Å². The molecule has 0 rings (SSSR count). The van der Waals surface area contributed by atoms with E-state index < -0.39 is 26.6 Å². The van der Waals surface area contributed by atoms with Gasteiger partial charge in [0.1, 0.15) is 13.2 Å². The molecule has 0 fully saturated rings. The Kier molecular flexibility index (Phi) is 49.5. The number of unbranched alkanes of at least 4 members (excludes halogenated alkanes) is 19. The third-order valence-electron chi connectivity index (χ3n) is 11.9. The van der Waals surface area contributed by atoms with Gasteiger partial charge in [0, 0.05) is 6.42 Å². The number of likely N-dealkylation sites (N-methyl/N-ethyl adjacent to an activating group) is 1. The number of phosphoric acid groups is 1. The minimum atomic E-state index is -4.62.